The summed E-state index contributed by atoms with van der Waals surface area (Å²) in [6, 6.07) is 0.145. The van der Waals surface area contributed by atoms with E-state index in [1.165, 1.54) is 0 Å². The second-order valence-corrected chi connectivity index (χ2v) is 8.85. The Kier molecular flexibility index (Phi) is 10.0. The van der Waals surface area contributed by atoms with E-state index < -0.39 is 0 Å². The highest BCUT2D eigenvalue weighted by Gasteiger charge is 2.42. The van der Waals surface area contributed by atoms with Crippen LogP contribution in [0, 0.1) is 11.3 Å². The normalized spacial score (nSPS) is 16.2. The van der Waals surface area contributed by atoms with E-state index >= 15 is 0 Å². The van der Waals surface area contributed by atoms with E-state index in [0.29, 0.717) is 25.7 Å². The fourth-order valence-corrected chi connectivity index (χ4v) is 2.77. The van der Waals surface area contributed by atoms with Crippen LogP contribution in [-0.2, 0) is 14.2 Å². The summed E-state index contributed by atoms with van der Waals surface area (Å²) in [5.74, 6) is 0.358. The fraction of sp³-hybridized carbons (Fsp3) is 1.00. The van der Waals surface area contributed by atoms with E-state index in [-0.39, 0.29) is 22.7 Å². The first-order valence-electron chi connectivity index (χ1n) is 9.47. The molecule has 2 unspecified atom stereocenters. The van der Waals surface area contributed by atoms with E-state index in [4.69, 9.17) is 19.9 Å². The molecule has 0 heterocycles. The Bertz CT molecular complexity index is 338. The van der Waals surface area contributed by atoms with Gasteiger partial charge in [-0.05, 0) is 58.8 Å². The van der Waals surface area contributed by atoms with Gasteiger partial charge in [0.15, 0.2) is 0 Å². The molecule has 0 saturated carbocycles. The van der Waals surface area contributed by atoms with Gasteiger partial charge in [-0.2, -0.15) is 0 Å². The molecule has 0 aliphatic rings. The van der Waals surface area contributed by atoms with Gasteiger partial charge in [-0.3, -0.25) is 0 Å². The molecule has 2 N–H and O–H groups in total. The van der Waals surface area contributed by atoms with E-state index in [2.05, 4.69) is 55.4 Å². The zero-order valence-corrected chi connectivity index (χ0v) is 17.7. The smallest absolute Gasteiger partial charge is 0.0708 e. The standard InChI is InChI=1S/C20H43NO3/c1-10-11-22-12-13-23-20(8,9)19(6,7)16(2)15-24-18(4,5)14-17(3)21/h16-17H,10-15,21H2,1-9H3. The molecular weight excluding hydrogens is 302 g/mol. The summed E-state index contributed by atoms with van der Waals surface area (Å²) in [6.07, 6.45) is 1.90. The second kappa shape index (κ2) is 10.1. The number of hydrogen-bond acceptors (Lipinski definition) is 4. The van der Waals surface area contributed by atoms with Crippen molar-refractivity contribution in [2.24, 2.45) is 17.1 Å². The van der Waals surface area contributed by atoms with Crippen molar-refractivity contribution < 1.29 is 14.2 Å². The van der Waals surface area contributed by atoms with Gasteiger partial charge in [0, 0.05) is 12.6 Å². The zero-order valence-electron chi connectivity index (χ0n) is 17.7. The average Bonchev–Trinajstić information content (AvgIpc) is 2.42. The molecule has 146 valence electrons. The van der Waals surface area contributed by atoms with E-state index in [9.17, 15) is 0 Å². The summed E-state index contributed by atoms with van der Waals surface area (Å²) in [6.45, 7) is 22.2. The summed E-state index contributed by atoms with van der Waals surface area (Å²) >= 11 is 0. The first-order valence-corrected chi connectivity index (χ1v) is 9.47. The van der Waals surface area contributed by atoms with E-state index in [0.717, 1.165) is 19.4 Å². The SMILES string of the molecule is CCCOCCOC(C)(C)C(C)(C)C(C)COC(C)(C)CC(C)N. The van der Waals surface area contributed by atoms with Crippen LogP contribution in [0.4, 0.5) is 0 Å². The monoisotopic (exact) mass is 345 g/mol. The lowest BCUT2D eigenvalue weighted by Crippen LogP contribution is -2.48. The number of ether oxygens (including phenoxy) is 3. The first-order chi connectivity index (χ1) is 10.9. The minimum absolute atomic E-state index is 0.0256. The average molecular weight is 346 g/mol. The Morgan fingerprint density at radius 2 is 1.46 bits per heavy atom. The minimum Gasteiger partial charge on any atom is -0.379 e. The van der Waals surface area contributed by atoms with Crippen LogP contribution >= 0.6 is 0 Å². The summed E-state index contributed by atoms with van der Waals surface area (Å²) in [7, 11) is 0. The Labute approximate surface area is 150 Å². The van der Waals surface area contributed by atoms with Crippen LogP contribution in [0.2, 0.25) is 0 Å². The van der Waals surface area contributed by atoms with Gasteiger partial charge >= 0.3 is 0 Å². The topological polar surface area (TPSA) is 53.7 Å². The third-order valence-electron chi connectivity index (χ3n) is 5.36. The molecule has 0 fully saturated rings. The Hall–Kier alpha value is -0.160. The van der Waals surface area contributed by atoms with Crippen molar-refractivity contribution in [2.45, 2.75) is 92.4 Å². The summed E-state index contributed by atoms with van der Waals surface area (Å²) in [5, 5.41) is 0. The molecule has 0 aromatic rings. The number of nitrogens with two attached hydrogens (primary N) is 1. The summed E-state index contributed by atoms with van der Waals surface area (Å²) in [4.78, 5) is 0. The highest BCUT2D eigenvalue weighted by molar-refractivity contribution is 4.92. The molecule has 0 rings (SSSR count). The molecule has 0 aromatic heterocycles. The van der Waals surface area contributed by atoms with Crippen LogP contribution in [0.5, 0.6) is 0 Å². The molecular formula is C20H43NO3. The lowest BCUT2D eigenvalue weighted by atomic mass is 9.68. The lowest BCUT2D eigenvalue weighted by molar-refractivity contribution is -0.148. The molecule has 2 atom stereocenters. The predicted octanol–water partition coefficient (Wildman–Crippen LogP) is 4.40. The van der Waals surface area contributed by atoms with Crippen LogP contribution in [0.3, 0.4) is 0 Å². The van der Waals surface area contributed by atoms with Gasteiger partial charge in [0.25, 0.3) is 0 Å². The minimum atomic E-state index is -0.253. The lowest BCUT2D eigenvalue weighted by Gasteiger charge is -2.46. The second-order valence-electron chi connectivity index (χ2n) is 8.85. The summed E-state index contributed by atoms with van der Waals surface area (Å²) < 4.78 is 17.9. The molecule has 0 radical (unpaired) electrons. The van der Waals surface area contributed by atoms with E-state index in [1.54, 1.807) is 0 Å². The van der Waals surface area contributed by atoms with Crippen LogP contribution < -0.4 is 5.73 Å². The van der Waals surface area contributed by atoms with Crippen molar-refractivity contribution in [3.63, 3.8) is 0 Å². The maximum atomic E-state index is 6.18. The molecule has 0 aliphatic carbocycles. The highest BCUT2D eigenvalue weighted by Crippen LogP contribution is 2.41. The van der Waals surface area contributed by atoms with Gasteiger partial charge in [0.05, 0.1) is 31.0 Å². The highest BCUT2D eigenvalue weighted by atomic mass is 16.5. The molecule has 0 aromatic carbocycles. The fourth-order valence-electron chi connectivity index (χ4n) is 2.77. The molecule has 0 amide bonds. The Morgan fingerprint density at radius 1 is 0.875 bits per heavy atom. The Balaban J connectivity index is 4.54. The van der Waals surface area contributed by atoms with Crippen molar-refractivity contribution in [1.29, 1.82) is 0 Å². The zero-order chi connectivity index (χ0) is 19.0. The largest absolute Gasteiger partial charge is 0.379 e. The first kappa shape index (κ1) is 23.8. The van der Waals surface area contributed by atoms with Gasteiger partial charge in [0.1, 0.15) is 0 Å². The van der Waals surface area contributed by atoms with Crippen molar-refractivity contribution >= 4 is 0 Å². The molecule has 4 heteroatoms. The van der Waals surface area contributed by atoms with Crippen LogP contribution in [0.1, 0.15) is 75.2 Å². The maximum Gasteiger partial charge on any atom is 0.0708 e. The van der Waals surface area contributed by atoms with Gasteiger partial charge in [-0.1, -0.05) is 27.7 Å². The third kappa shape index (κ3) is 8.28. The molecule has 0 saturated heterocycles. The van der Waals surface area contributed by atoms with Gasteiger partial charge in [0.2, 0.25) is 0 Å². The number of rotatable bonds is 13. The quantitative estimate of drug-likeness (QED) is 0.503. The molecule has 4 nitrogen and oxygen atoms in total. The van der Waals surface area contributed by atoms with Crippen LogP contribution in [-0.4, -0.2) is 43.7 Å². The Morgan fingerprint density at radius 3 is 1.96 bits per heavy atom. The molecule has 0 aliphatic heterocycles. The van der Waals surface area contributed by atoms with Crippen molar-refractivity contribution in [3.05, 3.63) is 0 Å². The van der Waals surface area contributed by atoms with Crippen LogP contribution in [0.15, 0.2) is 0 Å². The molecule has 0 bridgehead atoms. The summed E-state index contributed by atoms with van der Waals surface area (Å²) in [5.41, 5.74) is 5.44. The van der Waals surface area contributed by atoms with Crippen molar-refractivity contribution in [2.75, 3.05) is 26.4 Å². The number of hydrogen-bond donors (Lipinski definition) is 1. The van der Waals surface area contributed by atoms with Crippen molar-refractivity contribution in [1.82, 2.24) is 0 Å². The van der Waals surface area contributed by atoms with E-state index in [1.807, 2.05) is 6.92 Å². The molecule has 0 spiro atoms. The maximum absolute atomic E-state index is 6.18. The molecule has 24 heavy (non-hydrogen) atoms. The van der Waals surface area contributed by atoms with Crippen molar-refractivity contribution in [3.8, 4) is 0 Å². The van der Waals surface area contributed by atoms with Gasteiger partial charge < -0.3 is 19.9 Å². The third-order valence-corrected chi connectivity index (χ3v) is 5.36. The van der Waals surface area contributed by atoms with Crippen LogP contribution in [0.25, 0.3) is 0 Å². The van der Waals surface area contributed by atoms with Gasteiger partial charge in [-0.15, -0.1) is 0 Å². The van der Waals surface area contributed by atoms with Gasteiger partial charge in [-0.25, -0.2) is 0 Å². The predicted molar refractivity (Wildman–Crippen MR) is 102 cm³/mol.